The molecular formula is C18H17F4N3O3S. The van der Waals surface area contributed by atoms with Crippen LogP contribution in [0.15, 0.2) is 34.7 Å². The highest BCUT2D eigenvalue weighted by Crippen LogP contribution is 2.48. The van der Waals surface area contributed by atoms with Crippen molar-refractivity contribution in [2.75, 3.05) is 18.0 Å². The van der Waals surface area contributed by atoms with Crippen molar-refractivity contribution in [2.45, 2.75) is 38.0 Å². The lowest BCUT2D eigenvalue weighted by Gasteiger charge is -2.32. The van der Waals surface area contributed by atoms with Gasteiger partial charge < -0.3 is 19.3 Å². The van der Waals surface area contributed by atoms with Gasteiger partial charge in [0.1, 0.15) is 0 Å². The van der Waals surface area contributed by atoms with Crippen molar-refractivity contribution in [3.8, 4) is 11.5 Å². The van der Waals surface area contributed by atoms with Gasteiger partial charge in [-0.3, -0.25) is 0 Å². The summed E-state index contributed by atoms with van der Waals surface area (Å²) in [5.41, 5.74) is 0.334. The van der Waals surface area contributed by atoms with Gasteiger partial charge in [-0.1, -0.05) is 18.3 Å². The molecule has 1 atom stereocenters. The van der Waals surface area contributed by atoms with Crippen molar-refractivity contribution < 1.29 is 31.8 Å². The molecule has 6 nitrogen and oxygen atoms in total. The molecule has 0 radical (unpaired) electrons. The van der Waals surface area contributed by atoms with Crippen molar-refractivity contribution >= 4 is 28.6 Å². The van der Waals surface area contributed by atoms with E-state index in [-0.39, 0.29) is 18.6 Å². The molecule has 4 rings (SSSR count). The molecule has 1 aromatic carbocycles. The number of fused-ring (bicyclic) bond motifs is 1. The quantitative estimate of drug-likeness (QED) is 0.605. The summed E-state index contributed by atoms with van der Waals surface area (Å²) < 4.78 is 61.9. The molecule has 1 aromatic rings. The molecular weight excluding hydrogens is 414 g/mol. The number of aliphatic imine (C=N–C) groups is 1. The minimum Gasteiger partial charge on any atom is -0.421 e. The van der Waals surface area contributed by atoms with Crippen LogP contribution in [0.3, 0.4) is 0 Å². The number of rotatable bonds is 1. The number of carbonyl (C=O) groups excluding carboxylic acids is 1. The third kappa shape index (κ3) is 3.52. The van der Waals surface area contributed by atoms with E-state index in [2.05, 4.69) is 21.0 Å². The van der Waals surface area contributed by atoms with E-state index in [1.807, 2.05) is 6.92 Å². The number of likely N-dealkylation sites (tertiary alicyclic amines) is 1. The molecule has 2 saturated heterocycles. The Morgan fingerprint density at radius 1 is 1.24 bits per heavy atom. The molecule has 0 aromatic heterocycles. The van der Waals surface area contributed by atoms with Gasteiger partial charge >= 0.3 is 18.2 Å². The van der Waals surface area contributed by atoms with Gasteiger partial charge in [0.25, 0.3) is 0 Å². The molecule has 2 amide bonds. The average Bonchev–Trinajstić information content (AvgIpc) is 3.20. The fourth-order valence-electron chi connectivity index (χ4n) is 3.33. The first-order valence-corrected chi connectivity index (χ1v) is 9.69. The van der Waals surface area contributed by atoms with Crippen LogP contribution in [0.4, 0.5) is 28.0 Å². The largest absolute Gasteiger partial charge is 0.507 e. The zero-order valence-electron chi connectivity index (χ0n) is 15.3. The molecule has 2 fully saturated rings. The topological polar surface area (TPSA) is 54.4 Å². The number of hydrogen-bond acceptors (Lipinski definition) is 4. The Bertz CT molecular complexity index is 908. The maximum Gasteiger partial charge on any atom is 0.507 e. The third-order valence-electron chi connectivity index (χ3n) is 4.85. The fourth-order valence-corrected chi connectivity index (χ4v) is 4.19. The first-order chi connectivity index (χ1) is 13.6. The van der Waals surface area contributed by atoms with Crippen molar-refractivity contribution in [3.63, 3.8) is 0 Å². The lowest BCUT2D eigenvalue weighted by Crippen LogP contribution is -2.52. The van der Waals surface area contributed by atoms with Gasteiger partial charge in [0.05, 0.1) is 6.54 Å². The predicted octanol–water partition coefficient (Wildman–Crippen LogP) is 4.67. The predicted molar refractivity (Wildman–Crippen MR) is 99.9 cm³/mol. The molecule has 0 saturated carbocycles. The van der Waals surface area contributed by atoms with E-state index in [0.29, 0.717) is 22.3 Å². The second-order valence-electron chi connectivity index (χ2n) is 6.96. The molecule has 0 N–H and O–H groups in total. The number of thioether (sulfide) groups is 1. The Morgan fingerprint density at radius 3 is 2.59 bits per heavy atom. The van der Waals surface area contributed by atoms with Crippen LogP contribution in [0.2, 0.25) is 0 Å². The minimum atomic E-state index is -4.80. The number of nitrogens with zero attached hydrogens (tertiary/aromatic N) is 3. The summed E-state index contributed by atoms with van der Waals surface area (Å²) in [6.45, 7) is 6.71. The van der Waals surface area contributed by atoms with Gasteiger partial charge in [-0.05, 0) is 31.9 Å². The van der Waals surface area contributed by atoms with Gasteiger partial charge in [-0.25, -0.2) is 4.79 Å². The number of alkyl halides is 4. The first-order valence-electron chi connectivity index (χ1n) is 8.87. The minimum absolute atomic E-state index is 0.0908. The summed E-state index contributed by atoms with van der Waals surface area (Å²) in [6, 6.07) is 3.37. The summed E-state index contributed by atoms with van der Waals surface area (Å²) in [4.78, 5) is 20.6. The number of carbonyl (C=O) groups is 1. The molecule has 0 spiro atoms. The fraction of sp³-hybridized carbons (Fsp3) is 0.444. The number of amides is 2. The number of anilines is 1. The Balaban J connectivity index is 1.63. The zero-order chi connectivity index (χ0) is 21.0. The van der Waals surface area contributed by atoms with Gasteiger partial charge in [0, 0.05) is 29.2 Å². The third-order valence-corrected chi connectivity index (χ3v) is 5.76. The molecule has 0 aliphatic carbocycles. The van der Waals surface area contributed by atoms with E-state index in [4.69, 9.17) is 0 Å². The van der Waals surface area contributed by atoms with Gasteiger partial charge in [-0.2, -0.15) is 22.6 Å². The molecule has 0 bridgehead atoms. The summed E-state index contributed by atoms with van der Waals surface area (Å²) in [5, 5.41) is 0.327. The highest BCUT2D eigenvalue weighted by Gasteiger charge is 2.66. The van der Waals surface area contributed by atoms with Crippen molar-refractivity contribution in [3.05, 3.63) is 29.7 Å². The van der Waals surface area contributed by atoms with Crippen LogP contribution in [0.5, 0.6) is 11.5 Å². The van der Waals surface area contributed by atoms with Crippen molar-refractivity contribution in [1.82, 2.24) is 4.90 Å². The van der Waals surface area contributed by atoms with Crippen LogP contribution in [0, 0.1) is 0 Å². The SMILES string of the molecule is C=C1CN(c2ccc3c(c2)OC(F)(F)C(F)(F)O3)/C(=N/C(=O)N2CCC[C@@H]2C)S1. The highest BCUT2D eigenvalue weighted by molar-refractivity contribution is 8.18. The average molecular weight is 431 g/mol. The molecule has 3 aliphatic heterocycles. The standard InChI is InChI=1S/C18H17F4N3O3S/c1-10-4-3-7-24(10)15(26)23-16-25(9-11(2)29-16)12-5-6-13-14(8-12)28-18(21,22)17(19,20)27-13/h5-6,8,10H,2-4,7,9H2,1H3/b23-16-/t10-/m0/s1. The van der Waals surface area contributed by atoms with Crippen LogP contribution in [0.1, 0.15) is 19.8 Å². The number of hydrogen-bond donors (Lipinski definition) is 0. The molecule has 3 aliphatic rings. The zero-order valence-corrected chi connectivity index (χ0v) is 16.1. The molecule has 11 heteroatoms. The smallest absolute Gasteiger partial charge is 0.421 e. The Hall–Kier alpha value is -2.43. The maximum atomic E-state index is 13.5. The summed E-state index contributed by atoms with van der Waals surface area (Å²) >= 11 is 1.19. The molecule has 156 valence electrons. The van der Waals surface area contributed by atoms with Crippen LogP contribution in [-0.2, 0) is 0 Å². The maximum absolute atomic E-state index is 13.5. The van der Waals surface area contributed by atoms with E-state index < -0.39 is 23.7 Å². The van der Waals surface area contributed by atoms with Gasteiger partial charge in [0.2, 0.25) is 0 Å². The number of benzene rings is 1. The van der Waals surface area contributed by atoms with E-state index in [0.717, 1.165) is 25.0 Å². The van der Waals surface area contributed by atoms with Crippen molar-refractivity contribution in [1.29, 1.82) is 0 Å². The highest BCUT2D eigenvalue weighted by atomic mass is 32.2. The number of halogens is 4. The normalized spacial score (nSPS) is 26.3. The van der Waals surface area contributed by atoms with Crippen LogP contribution in [0.25, 0.3) is 0 Å². The van der Waals surface area contributed by atoms with Crippen LogP contribution >= 0.6 is 11.8 Å². The summed E-state index contributed by atoms with van der Waals surface area (Å²) in [7, 11) is 0. The van der Waals surface area contributed by atoms with Crippen molar-refractivity contribution in [2.24, 2.45) is 4.99 Å². The summed E-state index contributed by atoms with van der Waals surface area (Å²) in [5.74, 6) is -1.03. The Morgan fingerprint density at radius 2 is 1.93 bits per heavy atom. The van der Waals surface area contributed by atoms with E-state index in [1.54, 1.807) is 9.80 Å². The summed E-state index contributed by atoms with van der Waals surface area (Å²) in [6.07, 6.45) is -7.77. The van der Waals surface area contributed by atoms with Crippen LogP contribution in [-0.4, -0.2) is 47.4 Å². The Kier molecular flexibility index (Phi) is 4.67. The monoisotopic (exact) mass is 431 g/mol. The second kappa shape index (κ2) is 6.82. The van der Waals surface area contributed by atoms with Gasteiger partial charge in [-0.15, -0.1) is 0 Å². The number of ether oxygens (including phenoxy) is 2. The molecule has 3 heterocycles. The van der Waals surface area contributed by atoms with E-state index in [9.17, 15) is 22.4 Å². The molecule has 0 unspecified atom stereocenters. The van der Waals surface area contributed by atoms with E-state index >= 15 is 0 Å². The number of urea groups is 1. The lowest BCUT2D eigenvalue weighted by molar-refractivity contribution is -0.391. The molecule has 29 heavy (non-hydrogen) atoms. The second-order valence-corrected chi connectivity index (χ2v) is 8.10. The van der Waals surface area contributed by atoms with Crippen LogP contribution < -0.4 is 14.4 Å². The number of amidine groups is 1. The van der Waals surface area contributed by atoms with Gasteiger partial charge in [0.15, 0.2) is 16.7 Å². The van der Waals surface area contributed by atoms with E-state index in [1.165, 1.54) is 17.8 Å². The Labute approximate surface area is 168 Å². The first kappa shape index (κ1) is 19.9. The lowest BCUT2D eigenvalue weighted by atomic mass is 10.2.